The fraction of sp³-hybridized carbons (Fsp3) is 0.417. The first-order valence-electron chi connectivity index (χ1n) is 5.62. The molecule has 0 atom stereocenters. The Morgan fingerprint density at radius 3 is 2.33 bits per heavy atom. The van der Waals surface area contributed by atoms with E-state index < -0.39 is 23.8 Å². The lowest BCUT2D eigenvalue weighted by Gasteiger charge is -2.21. The van der Waals surface area contributed by atoms with Gasteiger partial charge in [-0.05, 0) is 32.9 Å². The minimum atomic E-state index is -4.92. The number of halogens is 5. The third-order valence-corrected chi connectivity index (χ3v) is 2.63. The monoisotopic (exact) mass is 389 g/mol. The van der Waals surface area contributed by atoms with Crippen LogP contribution in [-0.4, -0.2) is 18.1 Å². The first kappa shape index (κ1) is 17.9. The van der Waals surface area contributed by atoms with Gasteiger partial charge >= 0.3 is 12.5 Å². The third-order valence-electron chi connectivity index (χ3n) is 1.87. The van der Waals surface area contributed by atoms with E-state index in [1.807, 2.05) is 0 Å². The highest BCUT2D eigenvalue weighted by Gasteiger charge is 2.33. The van der Waals surface area contributed by atoms with Crippen molar-refractivity contribution in [3.05, 3.63) is 21.6 Å². The summed E-state index contributed by atoms with van der Waals surface area (Å²) in [6.45, 7) is 4.84. The predicted molar refractivity (Wildman–Crippen MR) is 75.7 cm³/mol. The second-order valence-corrected chi connectivity index (χ2v) is 6.26. The summed E-state index contributed by atoms with van der Waals surface area (Å²) in [5, 5.41) is 2.02. The van der Waals surface area contributed by atoms with Crippen molar-refractivity contribution in [2.75, 3.05) is 5.32 Å². The minimum absolute atomic E-state index is 0.130. The van der Waals surface area contributed by atoms with Crippen LogP contribution in [0.3, 0.4) is 0 Å². The van der Waals surface area contributed by atoms with Gasteiger partial charge in [0.25, 0.3) is 0 Å². The van der Waals surface area contributed by atoms with Gasteiger partial charge in [-0.25, -0.2) is 4.79 Å². The lowest BCUT2D eigenvalue weighted by molar-refractivity contribution is -0.274. The lowest BCUT2D eigenvalue weighted by atomic mass is 10.2. The Morgan fingerprint density at radius 1 is 1.29 bits per heavy atom. The Hall–Kier alpha value is -1.15. The molecular weight excluding hydrogens is 378 g/mol. The van der Waals surface area contributed by atoms with E-state index in [1.54, 1.807) is 20.8 Å². The van der Waals surface area contributed by atoms with Crippen molar-refractivity contribution in [3.8, 4) is 5.75 Å². The smallest absolute Gasteiger partial charge is 0.444 e. The van der Waals surface area contributed by atoms with E-state index in [1.165, 1.54) is 6.07 Å². The number of nitrogens with one attached hydrogen (secondary N) is 1. The summed E-state index contributed by atoms with van der Waals surface area (Å²) >= 11 is 8.83. The molecule has 1 aromatic carbocycles. The van der Waals surface area contributed by atoms with E-state index in [4.69, 9.17) is 16.3 Å². The Balaban J connectivity index is 3.07. The van der Waals surface area contributed by atoms with Gasteiger partial charge in [-0.15, -0.1) is 13.2 Å². The molecule has 1 rings (SSSR count). The summed E-state index contributed by atoms with van der Waals surface area (Å²) in [5.74, 6) is -0.646. The van der Waals surface area contributed by atoms with E-state index in [0.717, 1.165) is 6.07 Å². The molecule has 0 saturated carbocycles. The maximum atomic E-state index is 12.4. The molecule has 0 saturated heterocycles. The number of benzene rings is 1. The van der Waals surface area contributed by atoms with E-state index in [9.17, 15) is 18.0 Å². The topological polar surface area (TPSA) is 47.6 Å². The third kappa shape index (κ3) is 6.43. The van der Waals surface area contributed by atoms with Crippen LogP contribution in [0.4, 0.5) is 23.7 Å². The van der Waals surface area contributed by atoms with Crippen LogP contribution in [0.25, 0.3) is 0 Å². The first-order valence-corrected chi connectivity index (χ1v) is 6.79. The Morgan fingerprint density at radius 2 is 1.86 bits per heavy atom. The second kappa shape index (κ2) is 6.31. The molecule has 1 aromatic rings. The zero-order valence-corrected chi connectivity index (χ0v) is 13.6. The molecule has 0 spiro atoms. The number of hydrogen-bond donors (Lipinski definition) is 1. The van der Waals surface area contributed by atoms with E-state index in [2.05, 4.69) is 26.0 Å². The van der Waals surface area contributed by atoms with Gasteiger partial charge < -0.3 is 9.47 Å². The fourth-order valence-electron chi connectivity index (χ4n) is 1.28. The van der Waals surface area contributed by atoms with Crippen molar-refractivity contribution in [1.29, 1.82) is 0 Å². The lowest BCUT2D eigenvalue weighted by Crippen LogP contribution is -2.28. The summed E-state index contributed by atoms with van der Waals surface area (Å²) in [6.07, 6.45) is -5.87. The van der Waals surface area contributed by atoms with E-state index >= 15 is 0 Å². The number of carbonyl (C=O) groups excluding carboxylic acids is 1. The number of alkyl halides is 3. The molecule has 0 aliphatic rings. The molecule has 0 fully saturated rings. The van der Waals surface area contributed by atoms with Crippen molar-refractivity contribution < 1.29 is 27.4 Å². The molecule has 0 aliphatic heterocycles. The molecule has 0 unspecified atom stereocenters. The Labute approximate surface area is 132 Å². The quantitative estimate of drug-likeness (QED) is 0.741. The standard InChI is InChI=1S/C12H12BrClF3NO3/c1-11(2,3)21-10(19)18-9-7(14)4-6(13)5-8(9)20-12(15,16)17/h4-5H,1-3H3,(H,18,19). The Kier molecular flexibility index (Phi) is 5.38. The SMILES string of the molecule is CC(C)(C)OC(=O)Nc1c(Cl)cc(Br)cc1OC(F)(F)F. The van der Waals surface area contributed by atoms with Crippen LogP contribution in [0, 0.1) is 0 Å². The molecule has 0 aliphatic carbocycles. The average Bonchev–Trinajstić information content (AvgIpc) is 2.18. The number of hydrogen-bond acceptors (Lipinski definition) is 3. The van der Waals surface area contributed by atoms with Gasteiger partial charge in [0.2, 0.25) is 0 Å². The summed E-state index contributed by atoms with van der Waals surface area (Å²) < 4.78 is 46.2. The van der Waals surface area contributed by atoms with Crippen molar-refractivity contribution >= 4 is 39.3 Å². The molecule has 1 N–H and O–H groups in total. The first-order chi connectivity index (χ1) is 9.37. The zero-order valence-electron chi connectivity index (χ0n) is 11.3. The largest absolute Gasteiger partial charge is 0.573 e. The maximum Gasteiger partial charge on any atom is 0.573 e. The van der Waals surface area contributed by atoms with Crippen LogP contribution in [0.5, 0.6) is 5.75 Å². The second-order valence-electron chi connectivity index (χ2n) is 4.94. The van der Waals surface area contributed by atoms with Gasteiger partial charge in [0.1, 0.15) is 11.3 Å². The van der Waals surface area contributed by atoms with Gasteiger partial charge in [0.05, 0.1) is 5.02 Å². The van der Waals surface area contributed by atoms with Crippen LogP contribution < -0.4 is 10.1 Å². The highest BCUT2D eigenvalue weighted by atomic mass is 79.9. The van der Waals surface area contributed by atoms with Crippen LogP contribution in [0.2, 0.25) is 5.02 Å². The number of carbonyl (C=O) groups is 1. The molecule has 118 valence electrons. The van der Waals surface area contributed by atoms with E-state index in [0.29, 0.717) is 0 Å². The normalized spacial score (nSPS) is 12.0. The molecule has 0 bridgehead atoms. The highest BCUT2D eigenvalue weighted by molar-refractivity contribution is 9.10. The van der Waals surface area contributed by atoms with Crippen molar-refractivity contribution in [3.63, 3.8) is 0 Å². The number of ether oxygens (including phenoxy) is 2. The molecular formula is C12H12BrClF3NO3. The molecule has 9 heteroatoms. The zero-order chi connectivity index (χ0) is 16.4. The average molecular weight is 391 g/mol. The molecule has 1 amide bonds. The van der Waals surface area contributed by atoms with Crippen LogP contribution in [0.15, 0.2) is 16.6 Å². The number of amides is 1. The van der Waals surface area contributed by atoms with Gasteiger partial charge in [-0.3, -0.25) is 5.32 Å². The summed E-state index contributed by atoms with van der Waals surface area (Å²) in [7, 11) is 0. The molecule has 0 aromatic heterocycles. The van der Waals surface area contributed by atoms with Gasteiger partial charge in [-0.2, -0.15) is 0 Å². The highest BCUT2D eigenvalue weighted by Crippen LogP contribution is 2.39. The van der Waals surface area contributed by atoms with Crippen LogP contribution >= 0.6 is 27.5 Å². The molecule has 4 nitrogen and oxygen atoms in total. The summed E-state index contributed by atoms with van der Waals surface area (Å²) in [4.78, 5) is 11.6. The van der Waals surface area contributed by atoms with Gasteiger partial charge in [0.15, 0.2) is 5.75 Å². The van der Waals surface area contributed by atoms with Gasteiger partial charge in [-0.1, -0.05) is 27.5 Å². The molecule has 0 radical (unpaired) electrons. The number of anilines is 1. The van der Waals surface area contributed by atoms with Crippen molar-refractivity contribution in [1.82, 2.24) is 0 Å². The van der Waals surface area contributed by atoms with Crippen LogP contribution in [0.1, 0.15) is 20.8 Å². The van der Waals surface area contributed by atoms with Crippen molar-refractivity contribution in [2.24, 2.45) is 0 Å². The fourth-order valence-corrected chi connectivity index (χ4v) is 2.11. The Bertz CT molecular complexity index is 544. The predicted octanol–water partition coefficient (Wildman–Crippen LogP) is 5.35. The van der Waals surface area contributed by atoms with Crippen molar-refractivity contribution in [2.45, 2.75) is 32.7 Å². The molecule has 0 heterocycles. The summed E-state index contributed by atoms with van der Waals surface area (Å²) in [5.41, 5.74) is -1.14. The molecule has 21 heavy (non-hydrogen) atoms. The van der Waals surface area contributed by atoms with Gasteiger partial charge in [0, 0.05) is 4.47 Å². The van der Waals surface area contributed by atoms with Crippen LogP contribution in [-0.2, 0) is 4.74 Å². The number of rotatable bonds is 2. The van der Waals surface area contributed by atoms with E-state index in [-0.39, 0.29) is 15.2 Å². The summed E-state index contributed by atoms with van der Waals surface area (Å²) in [6, 6.07) is 2.35. The maximum absolute atomic E-state index is 12.4. The minimum Gasteiger partial charge on any atom is -0.444 e.